The zero-order chi connectivity index (χ0) is 15.4. The molecule has 1 N–H and O–H groups in total. The van der Waals surface area contributed by atoms with Crippen molar-refractivity contribution in [1.29, 1.82) is 5.26 Å². The third-order valence-electron chi connectivity index (χ3n) is 3.17. The molecule has 2 rings (SSSR count). The fourth-order valence-electron chi connectivity index (χ4n) is 2.03. The number of halogens is 2. The fourth-order valence-corrected chi connectivity index (χ4v) is 2.58. The Hall–Kier alpha value is -2.06. The van der Waals surface area contributed by atoms with E-state index < -0.39 is 5.82 Å². The van der Waals surface area contributed by atoms with Crippen molar-refractivity contribution >= 4 is 21.6 Å². The molecule has 0 aliphatic rings. The van der Waals surface area contributed by atoms with Crippen LogP contribution >= 0.6 is 15.9 Å². The maximum Gasteiger partial charge on any atom is 0.143 e. The van der Waals surface area contributed by atoms with Gasteiger partial charge in [-0.2, -0.15) is 5.26 Å². The van der Waals surface area contributed by atoms with Crippen molar-refractivity contribution in [3.05, 3.63) is 57.8 Å². The topological polar surface area (TPSA) is 45.0 Å². The molecule has 1 atom stereocenters. The van der Waals surface area contributed by atoms with Gasteiger partial charge in [0.15, 0.2) is 0 Å². The Balaban J connectivity index is 2.26. The average Bonchev–Trinajstić information content (AvgIpc) is 2.47. The molecule has 0 aliphatic heterocycles. The van der Waals surface area contributed by atoms with Crippen LogP contribution in [0.3, 0.4) is 0 Å². The molecule has 0 radical (unpaired) electrons. The summed E-state index contributed by atoms with van der Waals surface area (Å²) in [5.41, 5.74) is 1.50. The molecule has 1 unspecified atom stereocenters. The van der Waals surface area contributed by atoms with Gasteiger partial charge in [-0.05, 0) is 52.7 Å². The highest BCUT2D eigenvalue weighted by atomic mass is 79.9. The summed E-state index contributed by atoms with van der Waals surface area (Å²) in [7, 11) is 1.60. The van der Waals surface area contributed by atoms with Gasteiger partial charge < -0.3 is 10.1 Å². The first-order valence-electron chi connectivity index (χ1n) is 6.35. The van der Waals surface area contributed by atoms with E-state index in [2.05, 4.69) is 21.2 Å². The van der Waals surface area contributed by atoms with Crippen LogP contribution in [0.1, 0.15) is 24.1 Å². The SMILES string of the molecule is COc1ccc(C(C)Nc2cccc(F)c2C#N)cc1Br. The zero-order valence-corrected chi connectivity index (χ0v) is 13.2. The van der Waals surface area contributed by atoms with Gasteiger partial charge in [0.25, 0.3) is 0 Å². The van der Waals surface area contributed by atoms with Crippen molar-refractivity contribution < 1.29 is 9.13 Å². The highest BCUT2D eigenvalue weighted by Crippen LogP contribution is 2.30. The van der Waals surface area contributed by atoms with E-state index in [1.54, 1.807) is 19.2 Å². The Morgan fingerprint density at radius 3 is 2.71 bits per heavy atom. The molecule has 0 fully saturated rings. The lowest BCUT2D eigenvalue weighted by Gasteiger charge is -2.18. The smallest absolute Gasteiger partial charge is 0.143 e. The first-order chi connectivity index (χ1) is 10.1. The molecule has 2 aromatic carbocycles. The summed E-state index contributed by atoms with van der Waals surface area (Å²) in [6, 6.07) is 12.1. The van der Waals surface area contributed by atoms with Gasteiger partial charge in [-0.15, -0.1) is 0 Å². The molecular formula is C16H14BrFN2O. The van der Waals surface area contributed by atoms with Gasteiger partial charge in [0, 0.05) is 6.04 Å². The standard InChI is InChI=1S/C16H14BrFN2O/c1-10(11-6-7-16(21-2)13(17)8-11)20-15-5-3-4-14(18)12(15)9-19/h3-8,10,20H,1-2H3. The summed E-state index contributed by atoms with van der Waals surface area (Å²) >= 11 is 3.44. The maximum absolute atomic E-state index is 13.6. The highest BCUT2D eigenvalue weighted by Gasteiger charge is 2.12. The number of nitriles is 1. The van der Waals surface area contributed by atoms with Gasteiger partial charge in [0.1, 0.15) is 23.2 Å². The number of methoxy groups -OCH3 is 1. The lowest BCUT2D eigenvalue weighted by atomic mass is 10.1. The molecule has 0 aliphatic carbocycles. The number of nitrogens with zero attached hydrogens (tertiary/aromatic N) is 1. The molecule has 5 heteroatoms. The van der Waals surface area contributed by atoms with Crippen LogP contribution in [0.25, 0.3) is 0 Å². The quantitative estimate of drug-likeness (QED) is 0.875. The summed E-state index contributed by atoms with van der Waals surface area (Å²) in [6.07, 6.45) is 0. The fraction of sp³-hybridized carbons (Fsp3) is 0.188. The highest BCUT2D eigenvalue weighted by molar-refractivity contribution is 9.10. The molecule has 0 saturated carbocycles. The Morgan fingerprint density at radius 1 is 1.33 bits per heavy atom. The Morgan fingerprint density at radius 2 is 2.10 bits per heavy atom. The van der Waals surface area contributed by atoms with E-state index in [9.17, 15) is 4.39 Å². The number of anilines is 1. The van der Waals surface area contributed by atoms with Gasteiger partial charge in [-0.25, -0.2) is 4.39 Å². The van der Waals surface area contributed by atoms with Crippen molar-refractivity contribution in [2.24, 2.45) is 0 Å². The zero-order valence-electron chi connectivity index (χ0n) is 11.7. The number of hydrogen-bond acceptors (Lipinski definition) is 3. The normalized spacial score (nSPS) is 11.6. The summed E-state index contributed by atoms with van der Waals surface area (Å²) < 4.78 is 19.6. The minimum atomic E-state index is -0.523. The van der Waals surface area contributed by atoms with E-state index >= 15 is 0 Å². The summed E-state index contributed by atoms with van der Waals surface area (Å²) in [4.78, 5) is 0. The maximum atomic E-state index is 13.6. The van der Waals surface area contributed by atoms with E-state index in [1.807, 2.05) is 31.2 Å². The first kappa shape index (κ1) is 15.3. The molecule has 108 valence electrons. The third kappa shape index (κ3) is 3.34. The summed E-state index contributed by atoms with van der Waals surface area (Å²) in [5.74, 6) is 0.222. The van der Waals surface area contributed by atoms with Gasteiger partial charge in [0.05, 0.1) is 17.3 Å². The molecule has 0 heterocycles. The number of hydrogen-bond donors (Lipinski definition) is 1. The number of ether oxygens (including phenoxy) is 1. The van der Waals surface area contributed by atoms with Crippen LogP contribution in [-0.4, -0.2) is 7.11 Å². The van der Waals surface area contributed by atoms with E-state index in [0.717, 1.165) is 15.8 Å². The number of nitrogens with one attached hydrogen (secondary N) is 1. The van der Waals surface area contributed by atoms with Crippen LogP contribution in [0.4, 0.5) is 10.1 Å². The Labute approximate surface area is 131 Å². The monoisotopic (exact) mass is 348 g/mol. The van der Waals surface area contributed by atoms with Crippen LogP contribution in [0.5, 0.6) is 5.75 Å². The molecule has 0 amide bonds. The van der Waals surface area contributed by atoms with Crippen LogP contribution in [0.15, 0.2) is 40.9 Å². The van der Waals surface area contributed by atoms with Crippen LogP contribution in [-0.2, 0) is 0 Å². The predicted molar refractivity (Wildman–Crippen MR) is 83.8 cm³/mol. The number of benzene rings is 2. The molecule has 2 aromatic rings. The van der Waals surface area contributed by atoms with Crippen LogP contribution in [0.2, 0.25) is 0 Å². The summed E-state index contributed by atoms with van der Waals surface area (Å²) in [6.45, 7) is 1.94. The molecule has 3 nitrogen and oxygen atoms in total. The van der Waals surface area contributed by atoms with E-state index in [1.165, 1.54) is 6.07 Å². The van der Waals surface area contributed by atoms with Crippen LogP contribution < -0.4 is 10.1 Å². The average molecular weight is 349 g/mol. The predicted octanol–water partition coefficient (Wildman–Crippen LogP) is 4.64. The van der Waals surface area contributed by atoms with Gasteiger partial charge in [-0.1, -0.05) is 12.1 Å². The van der Waals surface area contributed by atoms with E-state index in [0.29, 0.717) is 5.69 Å². The van der Waals surface area contributed by atoms with Crippen molar-refractivity contribution in [2.45, 2.75) is 13.0 Å². The largest absolute Gasteiger partial charge is 0.496 e. The second kappa shape index (κ2) is 6.59. The first-order valence-corrected chi connectivity index (χ1v) is 7.14. The van der Waals surface area contributed by atoms with Gasteiger partial charge in [-0.3, -0.25) is 0 Å². The van der Waals surface area contributed by atoms with Crippen molar-refractivity contribution in [3.63, 3.8) is 0 Å². The second-order valence-electron chi connectivity index (χ2n) is 4.53. The van der Waals surface area contributed by atoms with Crippen molar-refractivity contribution in [1.82, 2.24) is 0 Å². The molecule has 0 spiro atoms. The third-order valence-corrected chi connectivity index (χ3v) is 3.79. The van der Waals surface area contributed by atoms with E-state index in [4.69, 9.17) is 10.00 Å². The molecular weight excluding hydrogens is 335 g/mol. The van der Waals surface area contributed by atoms with Crippen molar-refractivity contribution in [2.75, 3.05) is 12.4 Å². The minimum absolute atomic E-state index is 0.0249. The van der Waals surface area contributed by atoms with Gasteiger partial charge >= 0.3 is 0 Å². The lowest BCUT2D eigenvalue weighted by Crippen LogP contribution is -2.08. The molecule has 21 heavy (non-hydrogen) atoms. The molecule has 0 saturated heterocycles. The second-order valence-corrected chi connectivity index (χ2v) is 5.39. The van der Waals surface area contributed by atoms with Crippen LogP contribution in [0, 0.1) is 17.1 Å². The number of rotatable bonds is 4. The Kier molecular flexibility index (Phi) is 4.81. The lowest BCUT2D eigenvalue weighted by molar-refractivity contribution is 0.412. The summed E-state index contributed by atoms with van der Waals surface area (Å²) in [5, 5.41) is 12.2. The Bertz CT molecular complexity index is 697. The minimum Gasteiger partial charge on any atom is -0.496 e. The molecule has 0 bridgehead atoms. The van der Waals surface area contributed by atoms with E-state index in [-0.39, 0.29) is 11.6 Å². The molecule has 0 aromatic heterocycles. The van der Waals surface area contributed by atoms with Crippen molar-refractivity contribution in [3.8, 4) is 11.8 Å². The van der Waals surface area contributed by atoms with Gasteiger partial charge in [0.2, 0.25) is 0 Å².